The predicted molar refractivity (Wildman–Crippen MR) is 92.8 cm³/mol. The van der Waals surface area contributed by atoms with Crippen LogP contribution >= 0.6 is 0 Å². The summed E-state index contributed by atoms with van der Waals surface area (Å²) in [4.78, 5) is 22.7. The molecule has 0 unspecified atom stereocenters. The lowest BCUT2D eigenvalue weighted by molar-refractivity contribution is -0.384. The lowest BCUT2D eigenvalue weighted by Gasteiger charge is -2.05. The average molecular weight is 339 g/mol. The van der Waals surface area contributed by atoms with E-state index < -0.39 is 4.92 Å². The van der Waals surface area contributed by atoms with Gasteiger partial charge in [0.1, 0.15) is 0 Å². The van der Waals surface area contributed by atoms with E-state index in [1.807, 2.05) is 30.3 Å². The van der Waals surface area contributed by atoms with E-state index in [2.05, 4.69) is 0 Å². The van der Waals surface area contributed by atoms with Crippen molar-refractivity contribution in [1.82, 2.24) is 9.13 Å². The number of non-ortho nitro benzene ring substituents is 1. The van der Waals surface area contributed by atoms with Gasteiger partial charge in [0.25, 0.3) is 5.69 Å². The number of aromatic nitrogens is 2. The fourth-order valence-corrected chi connectivity index (χ4v) is 2.73. The smallest absolute Gasteiger partial charge is 0.331 e. The van der Waals surface area contributed by atoms with E-state index in [0.29, 0.717) is 12.1 Å². The molecule has 2 aromatic carbocycles. The highest BCUT2D eigenvalue weighted by atomic mass is 16.6. The summed E-state index contributed by atoms with van der Waals surface area (Å²) >= 11 is 0. The van der Waals surface area contributed by atoms with Crippen molar-refractivity contribution >= 4 is 5.69 Å². The number of aromatic hydroxyl groups is 1. The van der Waals surface area contributed by atoms with Crippen LogP contribution < -0.4 is 5.69 Å². The van der Waals surface area contributed by atoms with Gasteiger partial charge in [0.15, 0.2) is 0 Å². The van der Waals surface area contributed by atoms with E-state index in [0.717, 1.165) is 11.1 Å². The highest BCUT2D eigenvalue weighted by molar-refractivity contribution is 5.36. The molecule has 1 N–H and O–H groups in total. The summed E-state index contributed by atoms with van der Waals surface area (Å²) in [6, 6.07) is 15.5. The van der Waals surface area contributed by atoms with E-state index in [9.17, 15) is 20.0 Å². The maximum Gasteiger partial charge on any atom is 0.331 e. The first kappa shape index (κ1) is 16.5. The van der Waals surface area contributed by atoms with Gasteiger partial charge in [0.2, 0.25) is 5.88 Å². The molecule has 128 valence electrons. The molecule has 0 aliphatic rings. The van der Waals surface area contributed by atoms with Crippen molar-refractivity contribution in [3.05, 3.63) is 92.0 Å². The molecule has 0 aliphatic heterocycles. The van der Waals surface area contributed by atoms with Crippen LogP contribution in [0.25, 0.3) is 0 Å². The van der Waals surface area contributed by atoms with Gasteiger partial charge in [0.05, 0.1) is 17.2 Å². The van der Waals surface area contributed by atoms with Crippen molar-refractivity contribution in [3.63, 3.8) is 0 Å². The van der Waals surface area contributed by atoms with Gasteiger partial charge in [-0.3, -0.25) is 19.2 Å². The molecule has 3 aromatic rings. The van der Waals surface area contributed by atoms with Gasteiger partial charge in [-0.2, -0.15) is 0 Å². The number of hydrogen-bond donors (Lipinski definition) is 1. The lowest BCUT2D eigenvalue weighted by atomic mass is 10.1. The van der Waals surface area contributed by atoms with Crippen LogP contribution in [0.15, 0.2) is 59.4 Å². The van der Waals surface area contributed by atoms with Crippen LogP contribution in [-0.2, 0) is 20.0 Å². The maximum absolute atomic E-state index is 12.4. The summed E-state index contributed by atoms with van der Waals surface area (Å²) in [6.07, 6.45) is 0.303. The van der Waals surface area contributed by atoms with Crippen molar-refractivity contribution in [2.75, 3.05) is 0 Å². The Bertz CT molecular complexity index is 956. The van der Waals surface area contributed by atoms with E-state index in [-0.39, 0.29) is 23.8 Å². The molecule has 3 rings (SSSR count). The normalized spacial score (nSPS) is 10.8. The second kappa shape index (κ2) is 6.64. The number of imidazole rings is 1. The van der Waals surface area contributed by atoms with Crippen LogP contribution in [-0.4, -0.2) is 19.2 Å². The number of nitro benzene ring substituents is 1. The zero-order valence-electron chi connectivity index (χ0n) is 13.6. The van der Waals surface area contributed by atoms with Crippen molar-refractivity contribution in [3.8, 4) is 5.88 Å². The Morgan fingerprint density at radius 2 is 1.68 bits per heavy atom. The lowest BCUT2D eigenvalue weighted by Crippen LogP contribution is -2.23. The molecule has 1 heterocycles. The first-order valence-electron chi connectivity index (χ1n) is 7.72. The monoisotopic (exact) mass is 339 g/mol. The minimum Gasteiger partial charge on any atom is -0.493 e. The Hall–Kier alpha value is -3.35. The molecule has 0 radical (unpaired) electrons. The van der Waals surface area contributed by atoms with Crippen LogP contribution in [0, 0.1) is 10.1 Å². The van der Waals surface area contributed by atoms with Crippen LogP contribution in [0.5, 0.6) is 5.88 Å². The quantitative estimate of drug-likeness (QED) is 0.571. The first-order valence-corrected chi connectivity index (χ1v) is 7.72. The first-order chi connectivity index (χ1) is 12.0. The number of benzene rings is 2. The van der Waals surface area contributed by atoms with Gasteiger partial charge in [-0.05, 0) is 11.1 Å². The van der Waals surface area contributed by atoms with Gasteiger partial charge in [0, 0.05) is 25.6 Å². The predicted octanol–water partition coefficient (Wildman–Crippen LogP) is 2.44. The van der Waals surface area contributed by atoms with Crippen LogP contribution in [0.3, 0.4) is 0 Å². The maximum atomic E-state index is 12.4. The molecule has 1 aromatic heterocycles. The van der Waals surface area contributed by atoms with Crippen LogP contribution in [0.4, 0.5) is 5.69 Å². The number of nitro groups is 1. The van der Waals surface area contributed by atoms with Gasteiger partial charge in [-0.15, -0.1) is 0 Å². The standard InChI is InChI=1S/C18H17N3O4/c1-19-16(11-13-7-9-15(10-8-13)21(24)25)17(22)20(18(19)23)12-14-5-3-2-4-6-14/h2-10,22H,11-12H2,1H3. The van der Waals surface area contributed by atoms with Crippen molar-refractivity contribution in [2.24, 2.45) is 7.05 Å². The highest BCUT2D eigenvalue weighted by Gasteiger charge is 2.18. The molecule has 0 saturated carbocycles. The summed E-state index contributed by atoms with van der Waals surface area (Å²) in [5, 5.41) is 21.2. The Labute approximate surface area is 143 Å². The Balaban J connectivity index is 1.91. The van der Waals surface area contributed by atoms with Crippen molar-refractivity contribution in [1.29, 1.82) is 0 Å². The number of rotatable bonds is 5. The second-order valence-corrected chi connectivity index (χ2v) is 5.78. The number of hydrogen-bond acceptors (Lipinski definition) is 4. The highest BCUT2D eigenvalue weighted by Crippen LogP contribution is 2.21. The summed E-state index contributed by atoms with van der Waals surface area (Å²) in [5.41, 5.74) is 1.84. The molecule has 0 spiro atoms. The fourth-order valence-electron chi connectivity index (χ4n) is 2.73. The van der Waals surface area contributed by atoms with Crippen LogP contribution in [0.2, 0.25) is 0 Å². The topological polar surface area (TPSA) is 90.3 Å². The van der Waals surface area contributed by atoms with Crippen molar-refractivity contribution in [2.45, 2.75) is 13.0 Å². The summed E-state index contributed by atoms with van der Waals surface area (Å²) in [6.45, 7) is 0.277. The average Bonchev–Trinajstić information content (AvgIpc) is 2.81. The Kier molecular flexibility index (Phi) is 4.38. The molecule has 7 heteroatoms. The molecule has 0 aliphatic carbocycles. The molecular formula is C18H17N3O4. The van der Waals surface area contributed by atoms with Gasteiger partial charge in [-0.1, -0.05) is 42.5 Å². The molecular weight excluding hydrogens is 322 g/mol. The number of nitrogens with zero attached hydrogens (tertiary/aromatic N) is 3. The second-order valence-electron chi connectivity index (χ2n) is 5.78. The van der Waals surface area contributed by atoms with Crippen molar-refractivity contribution < 1.29 is 10.0 Å². The third kappa shape index (κ3) is 3.30. The molecule has 0 atom stereocenters. The summed E-state index contributed by atoms with van der Waals surface area (Å²) < 4.78 is 2.72. The zero-order chi connectivity index (χ0) is 18.0. The third-order valence-corrected chi connectivity index (χ3v) is 4.14. The van der Waals surface area contributed by atoms with Gasteiger partial charge < -0.3 is 5.11 Å². The van der Waals surface area contributed by atoms with E-state index in [4.69, 9.17) is 0 Å². The fraction of sp³-hybridized carbons (Fsp3) is 0.167. The van der Waals surface area contributed by atoms with Gasteiger partial charge in [-0.25, -0.2) is 4.79 Å². The minimum atomic E-state index is -0.465. The van der Waals surface area contributed by atoms with E-state index in [1.165, 1.54) is 21.3 Å². The molecule has 0 amide bonds. The Morgan fingerprint density at radius 3 is 2.28 bits per heavy atom. The molecule has 0 fully saturated rings. The summed E-state index contributed by atoms with van der Waals surface area (Å²) in [5.74, 6) is -0.0882. The molecule has 7 nitrogen and oxygen atoms in total. The SMILES string of the molecule is Cn1c(Cc2ccc([N+](=O)[O-])cc2)c(O)n(Cc2ccccc2)c1=O. The Morgan fingerprint density at radius 1 is 1.04 bits per heavy atom. The third-order valence-electron chi connectivity index (χ3n) is 4.14. The molecule has 0 saturated heterocycles. The van der Waals surface area contributed by atoms with Crippen LogP contribution in [0.1, 0.15) is 16.8 Å². The molecule has 25 heavy (non-hydrogen) atoms. The summed E-state index contributed by atoms with van der Waals surface area (Å²) in [7, 11) is 1.60. The largest absolute Gasteiger partial charge is 0.493 e. The van der Waals surface area contributed by atoms with E-state index in [1.54, 1.807) is 19.2 Å². The zero-order valence-corrected chi connectivity index (χ0v) is 13.6. The minimum absolute atomic E-state index is 0.00325. The van der Waals surface area contributed by atoms with E-state index >= 15 is 0 Å². The van der Waals surface area contributed by atoms with Gasteiger partial charge >= 0.3 is 5.69 Å². The molecule has 0 bridgehead atoms.